The van der Waals surface area contributed by atoms with Crippen molar-refractivity contribution >= 4 is 21.5 Å². The molecule has 0 atom stereocenters. The average Bonchev–Trinajstić information content (AvgIpc) is 2.69. The molecule has 26 heavy (non-hydrogen) atoms. The smallest absolute Gasteiger partial charge is 0.0719 e. The van der Waals surface area contributed by atoms with Crippen LogP contribution in [0, 0.1) is 0 Å². The first-order valence-corrected chi connectivity index (χ1v) is 8.83. The number of hydrogen-bond donors (Lipinski definition) is 0. The Kier molecular flexibility index (Phi) is 4.70. The lowest BCUT2D eigenvalue weighted by molar-refractivity contribution is 0.184. The van der Waals surface area contributed by atoms with E-state index in [2.05, 4.69) is 72.8 Å². The molecule has 0 saturated heterocycles. The summed E-state index contributed by atoms with van der Waals surface area (Å²) >= 11 is 0. The predicted octanol–water partition coefficient (Wildman–Crippen LogP) is 5.95. The Bertz CT molecular complexity index is 979. The van der Waals surface area contributed by atoms with E-state index in [1.807, 2.05) is 0 Å². The molecule has 0 unspecified atom stereocenters. The highest BCUT2D eigenvalue weighted by atomic mass is 16.5. The maximum Gasteiger partial charge on any atom is 0.0719 e. The Morgan fingerprint density at radius 2 is 0.962 bits per heavy atom. The molecule has 2 nitrogen and oxygen atoms in total. The predicted molar refractivity (Wildman–Crippen MR) is 108 cm³/mol. The van der Waals surface area contributed by atoms with Gasteiger partial charge in [0.2, 0.25) is 0 Å². The molecule has 0 N–H and O–H groups in total. The van der Waals surface area contributed by atoms with Crippen molar-refractivity contribution in [2.75, 3.05) is 14.2 Å². The van der Waals surface area contributed by atoms with Gasteiger partial charge in [-0.1, -0.05) is 72.8 Å². The molecule has 0 aliphatic heterocycles. The molecule has 0 radical (unpaired) electrons. The van der Waals surface area contributed by atoms with Gasteiger partial charge in [-0.25, -0.2) is 0 Å². The zero-order chi connectivity index (χ0) is 17.9. The van der Waals surface area contributed by atoms with Crippen molar-refractivity contribution in [1.82, 2.24) is 0 Å². The molecule has 0 aliphatic rings. The van der Waals surface area contributed by atoms with Gasteiger partial charge in [-0.2, -0.15) is 0 Å². The van der Waals surface area contributed by atoms with Gasteiger partial charge < -0.3 is 9.47 Å². The minimum absolute atomic E-state index is 0.579. The van der Waals surface area contributed by atoms with Crippen molar-refractivity contribution in [3.63, 3.8) is 0 Å². The molecule has 0 fully saturated rings. The lowest BCUT2D eigenvalue weighted by Crippen LogP contribution is -1.99. The molecule has 0 amide bonds. The van der Waals surface area contributed by atoms with E-state index in [9.17, 15) is 0 Å². The molecule has 130 valence electrons. The van der Waals surface area contributed by atoms with Gasteiger partial charge in [0.25, 0.3) is 0 Å². The summed E-state index contributed by atoms with van der Waals surface area (Å²) in [6.07, 6.45) is 0. The van der Waals surface area contributed by atoms with Crippen molar-refractivity contribution < 1.29 is 9.47 Å². The molecule has 4 rings (SSSR count). The number of ether oxygens (including phenoxy) is 2. The number of hydrogen-bond acceptors (Lipinski definition) is 2. The summed E-state index contributed by atoms with van der Waals surface area (Å²) in [7, 11) is 3.50. The Morgan fingerprint density at radius 3 is 1.38 bits per heavy atom. The van der Waals surface area contributed by atoms with E-state index >= 15 is 0 Å². The molecular formula is C24H22O2. The standard InChI is InChI=1S/C24H22O2/c1-25-15-19-13-11-17-7-3-5-9-21(17)23(19)24-20(16-26-2)14-12-18-8-4-6-10-22(18)24/h3-14H,15-16H2,1-2H3. The van der Waals surface area contributed by atoms with Gasteiger partial charge in [-0.3, -0.25) is 0 Å². The molecule has 0 bridgehead atoms. The van der Waals surface area contributed by atoms with E-state index in [-0.39, 0.29) is 0 Å². The largest absolute Gasteiger partial charge is 0.380 e. The summed E-state index contributed by atoms with van der Waals surface area (Å²) in [5.41, 5.74) is 4.88. The second-order valence-corrected chi connectivity index (χ2v) is 6.51. The third kappa shape index (κ3) is 2.88. The fourth-order valence-corrected chi connectivity index (χ4v) is 3.78. The lowest BCUT2D eigenvalue weighted by Gasteiger charge is -2.19. The highest BCUT2D eigenvalue weighted by Gasteiger charge is 2.16. The SMILES string of the molecule is COCc1ccc2ccccc2c1-c1c(COC)ccc2ccccc12. The van der Waals surface area contributed by atoms with Crippen LogP contribution in [0.1, 0.15) is 11.1 Å². The first kappa shape index (κ1) is 16.8. The molecule has 0 heterocycles. The van der Waals surface area contributed by atoms with Crippen molar-refractivity contribution in [1.29, 1.82) is 0 Å². The van der Waals surface area contributed by atoms with Gasteiger partial charge in [0.05, 0.1) is 13.2 Å². The second-order valence-electron chi connectivity index (χ2n) is 6.51. The third-order valence-electron chi connectivity index (χ3n) is 4.88. The van der Waals surface area contributed by atoms with Crippen LogP contribution in [0.25, 0.3) is 32.7 Å². The summed E-state index contributed by atoms with van der Waals surface area (Å²) in [5, 5.41) is 4.96. The fourth-order valence-electron chi connectivity index (χ4n) is 3.78. The first-order valence-electron chi connectivity index (χ1n) is 8.83. The second kappa shape index (κ2) is 7.28. The Labute approximate surface area is 154 Å². The van der Waals surface area contributed by atoms with Gasteiger partial charge in [0.1, 0.15) is 0 Å². The summed E-state index contributed by atoms with van der Waals surface area (Å²) in [6, 6.07) is 25.8. The van der Waals surface area contributed by atoms with Crippen molar-refractivity contribution in [2.45, 2.75) is 13.2 Å². The fraction of sp³-hybridized carbons (Fsp3) is 0.167. The van der Waals surface area contributed by atoms with Gasteiger partial charge in [-0.05, 0) is 43.8 Å². The minimum Gasteiger partial charge on any atom is -0.380 e. The van der Waals surface area contributed by atoms with Crippen LogP contribution in [0.5, 0.6) is 0 Å². The summed E-state index contributed by atoms with van der Waals surface area (Å²) in [4.78, 5) is 0. The lowest BCUT2D eigenvalue weighted by atomic mass is 9.87. The topological polar surface area (TPSA) is 18.5 Å². The van der Waals surface area contributed by atoms with Gasteiger partial charge >= 0.3 is 0 Å². The maximum absolute atomic E-state index is 5.52. The van der Waals surface area contributed by atoms with Gasteiger partial charge in [0, 0.05) is 14.2 Å². The molecule has 2 heteroatoms. The molecule has 4 aromatic carbocycles. The monoisotopic (exact) mass is 342 g/mol. The zero-order valence-corrected chi connectivity index (χ0v) is 15.2. The van der Waals surface area contributed by atoms with Crippen molar-refractivity contribution in [3.05, 3.63) is 83.9 Å². The van der Waals surface area contributed by atoms with Crippen LogP contribution in [-0.2, 0) is 22.7 Å². The Morgan fingerprint density at radius 1 is 0.538 bits per heavy atom. The van der Waals surface area contributed by atoms with Crippen LogP contribution in [0.3, 0.4) is 0 Å². The number of rotatable bonds is 5. The van der Waals surface area contributed by atoms with Crippen LogP contribution >= 0.6 is 0 Å². The van der Waals surface area contributed by atoms with Crippen LogP contribution in [0.4, 0.5) is 0 Å². The Hall–Kier alpha value is -2.68. The highest BCUT2D eigenvalue weighted by Crippen LogP contribution is 2.39. The van der Waals surface area contributed by atoms with Gasteiger partial charge in [-0.15, -0.1) is 0 Å². The van der Waals surface area contributed by atoms with Crippen molar-refractivity contribution in [2.24, 2.45) is 0 Å². The van der Waals surface area contributed by atoms with E-state index in [1.54, 1.807) is 14.2 Å². The van der Waals surface area contributed by atoms with E-state index in [0.717, 1.165) is 0 Å². The molecule has 0 saturated carbocycles. The van der Waals surface area contributed by atoms with Crippen LogP contribution < -0.4 is 0 Å². The quantitative estimate of drug-likeness (QED) is 0.446. The summed E-state index contributed by atoms with van der Waals surface area (Å²) in [6.45, 7) is 1.16. The molecule has 0 spiro atoms. The van der Waals surface area contributed by atoms with Crippen LogP contribution in [0.2, 0.25) is 0 Å². The van der Waals surface area contributed by atoms with Crippen LogP contribution in [-0.4, -0.2) is 14.2 Å². The van der Waals surface area contributed by atoms with E-state index in [1.165, 1.54) is 43.8 Å². The maximum atomic E-state index is 5.52. The van der Waals surface area contributed by atoms with E-state index < -0.39 is 0 Å². The van der Waals surface area contributed by atoms with E-state index in [4.69, 9.17) is 9.47 Å². The normalized spacial score (nSPS) is 11.3. The van der Waals surface area contributed by atoms with Crippen molar-refractivity contribution in [3.8, 4) is 11.1 Å². The first-order chi connectivity index (χ1) is 12.8. The highest BCUT2D eigenvalue weighted by molar-refractivity contribution is 6.07. The summed E-state index contributed by atoms with van der Waals surface area (Å²) in [5.74, 6) is 0. The third-order valence-corrected chi connectivity index (χ3v) is 4.88. The molecule has 4 aromatic rings. The number of methoxy groups -OCH3 is 2. The number of benzene rings is 4. The summed E-state index contributed by atoms with van der Waals surface area (Å²) < 4.78 is 11.0. The zero-order valence-electron chi connectivity index (χ0n) is 15.2. The molecule has 0 aromatic heterocycles. The van der Waals surface area contributed by atoms with Crippen LogP contribution in [0.15, 0.2) is 72.8 Å². The Balaban J connectivity index is 2.15. The molecular weight excluding hydrogens is 320 g/mol. The van der Waals surface area contributed by atoms with Gasteiger partial charge in [0.15, 0.2) is 0 Å². The average molecular weight is 342 g/mol. The number of fused-ring (bicyclic) bond motifs is 2. The minimum atomic E-state index is 0.579. The van der Waals surface area contributed by atoms with E-state index in [0.29, 0.717) is 13.2 Å². The molecule has 0 aliphatic carbocycles.